The number of fused-ring (bicyclic) bond motifs is 2. The monoisotopic (exact) mass is 488 g/mol. The van der Waals surface area contributed by atoms with Crippen molar-refractivity contribution in [3.8, 4) is 17.3 Å². The fraction of sp³-hybridized carbons (Fsp3) is 0.231. The van der Waals surface area contributed by atoms with Gasteiger partial charge in [0, 0.05) is 21.2 Å². The van der Waals surface area contributed by atoms with E-state index < -0.39 is 0 Å². The van der Waals surface area contributed by atoms with E-state index >= 15 is 0 Å². The van der Waals surface area contributed by atoms with Crippen molar-refractivity contribution < 1.29 is 9.18 Å². The summed E-state index contributed by atoms with van der Waals surface area (Å²) in [7, 11) is 0. The largest absolute Gasteiger partial charge is 0.316 e. The summed E-state index contributed by atoms with van der Waals surface area (Å²) in [5.41, 5.74) is 3.18. The van der Waals surface area contributed by atoms with Gasteiger partial charge in [-0.1, -0.05) is 42.4 Å². The Kier molecular flexibility index (Phi) is 6.57. The fourth-order valence-electron chi connectivity index (χ4n) is 4.25. The van der Waals surface area contributed by atoms with E-state index in [2.05, 4.69) is 21.6 Å². The van der Waals surface area contributed by atoms with Gasteiger partial charge in [0.25, 0.3) is 0 Å². The molecule has 2 aromatic carbocycles. The normalized spacial score (nSPS) is 13.2. The lowest BCUT2D eigenvalue weighted by Crippen LogP contribution is -2.14. The molecule has 0 atom stereocenters. The number of hydrogen-bond donors (Lipinski definition) is 1. The van der Waals surface area contributed by atoms with Crippen LogP contribution < -0.4 is 5.32 Å². The van der Waals surface area contributed by atoms with Gasteiger partial charge in [0.2, 0.25) is 5.91 Å². The third-order valence-electron chi connectivity index (χ3n) is 5.90. The van der Waals surface area contributed by atoms with Gasteiger partial charge in [-0.3, -0.25) is 4.79 Å². The van der Waals surface area contributed by atoms with Crippen molar-refractivity contribution in [3.05, 3.63) is 70.4 Å². The minimum absolute atomic E-state index is 0.155. The molecule has 34 heavy (non-hydrogen) atoms. The molecule has 0 aliphatic heterocycles. The zero-order valence-corrected chi connectivity index (χ0v) is 19.9. The second kappa shape index (κ2) is 9.92. The molecule has 2 heterocycles. The van der Waals surface area contributed by atoms with Crippen LogP contribution >= 0.6 is 23.1 Å². The molecule has 170 valence electrons. The number of anilines is 1. The van der Waals surface area contributed by atoms with Crippen LogP contribution in [0.5, 0.6) is 0 Å². The van der Waals surface area contributed by atoms with Gasteiger partial charge in [0.15, 0.2) is 0 Å². The molecule has 0 unspecified atom stereocenters. The van der Waals surface area contributed by atoms with E-state index in [9.17, 15) is 14.4 Å². The van der Waals surface area contributed by atoms with E-state index in [0.29, 0.717) is 21.3 Å². The highest BCUT2D eigenvalue weighted by atomic mass is 32.2. The number of nitriles is 1. The Morgan fingerprint density at radius 1 is 1.06 bits per heavy atom. The van der Waals surface area contributed by atoms with Gasteiger partial charge in [-0.05, 0) is 55.5 Å². The summed E-state index contributed by atoms with van der Waals surface area (Å²) in [5.74, 6) is -0.325. The molecule has 0 saturated carbocycles. The zero-order valence-electron chi connectivity index (χ0n) is 18.3. The number of thiophene rings is 1. The van der Waals surface area contributed by atoms with E-state index in [1.165, 1.54) is 46.5 Å². The van der Waals surface area contributed by atoms with Crippen molar-refractivity contribution >= 4 is 44.8 Å². The second-order valence-electron chi connectivity index (χ2n) is 8.12. The molecule has 5 nitrogen and oxygen atoms in total. The molecule has 1 aliphatic rings. The molecule has 8 heteroatoms. The number of rotatable bonds is 5. The van der Waals surface area contributed by atoms with Crippen molar-refractivity contribution in [2.75, 3.05) is 11.1 Å². The Labute approximate surface area is 205 Å². The molecule has 0 fully saturated rings. The molecule has 1 N–H and O–H groups in total. The number of hydrogen-bond acceptors (Lipinski definition) is 6. The molecule has 0 saturated heterocycles. The lowest BCUT2D eigenvalue weighted by Gasteiger charge is -2.09. The van der Waals surface area contributed by atoms with Crippen LogP contribution in [0.1, 0.15) is 35.3 Å². The molecular weight excluding hydrogens is 467 g/mol. The number of nitrogens with zero attached hydrogens (tertiary/aromatic N) is 3. The third-order valence-corrected chi connectivity index (χ3v) is 8.09. The quantitative estimate of drug-likeness (QED) is 0.261. The number of nitrogens with one attached hydrogen (secondary N) is 1. The summed E-state index contributed by atoms with van der Waals surface area (Å²) < 4.78 is 13.4. The van der Waals surface area contributed by atoms with E-state index in [4.69, 9.17) is 0 Å². The van der Waals surface area contributed by atoms with Gasteiger partial charge >= 0.3 is 0 Å². The van der Waals surface area contributed by atoms with Crippen LogP contribution in [-0.4, -0.2) is 21.9 Å². The summed E-state index contributed by atoms with van der Waals surface area (Å²) in [4.78, 5) is 14.0. The Hall–Kier alpha value is -3.28. The lowest BCUT2D eigenvalue weighted by molar-refractivity contribution is -0.113. The molecule has 1 amide bonds. The first kappa shape index (κ1) is 22.5. The molecule has 0 radical (unpaired) electrons. The summed E-state index contributed by atoms with van der Waals surface area (Å²) in [6.45, 7) is 0. The molecule has 0 spiro atoms. The topological polar surface area (TPSA) is 78.7 Å². The van der Waals surface area contributed by atoms with Crippen LogP contribution in [0.2, 0.25) is 0 Å². The van der Waals surface area contributed by atoms with Crippen LogP contribution in [0.15, 0.2) is 53.6 Å². The Bertz CT molecular complexity index is 1410. The minimum Gasteiger partial charge on any atom is -0.316 e. The third kappa shape index (κ3) is 4.54. The number of amides is 1. The van der Waals surface area contributed by atoms with E-state index in [-0.39, 0.29) is 17.5 Å². The van der Waals surface area contributed by atoms with E-state index in [0.717, 1.165) is 47.6 Å². The Morgan fingerprint density at radius 2 is 1.82 bits per heavy atom. The summed E-state index contributed by atoms with van der Waals surface area (Å²) in [6.07, 6.45) is 5.27. The zero-order chi connectivity index (χ0) is 23.5. The molecule has 5 rings (SSSR count). The van der Waals surface area contributed by atoms with Gasteiger partial charge in [-0.25, -0.2) is 4.39 Å². The van der Waals surface area contributed by atoms with Gasteiger partial charge in [-0.2, -0.15) is 5.26 Å². The number of benzene rings is 2. The minimum atomic E-state index is -0.305. The summed E-state index contributed by atoms with van der Waals surface area (Å²) in [5, 5.41) is 24.5. The van der Waals surface area contributed by atoms with Crippen LogP contribution in [0.25, 0.3) is 22.0 Å². The summed E-state index contributed by atoms with van der Waals surface area (Å²) >= 11 is 2.85. The Morgan fingerprint density at radius 3 is 2.62 bits per heavy atom. The molecule has 0 bridgehead atoms. The van der Waals surface area contributed by atoms with Crippen molar-refractivity contribution in [1.82, 2.24) is 10.2 Å². The number of thioether (sulfide) groups is 1. The maximum Gasteiger partial charge on any atom is 0.235 e. The van der Waals surface area contributed by atoms with Crippen molar-refractivity contribution in [2.24, 2.45) is 0 Å². The second-order valence-corrected chi connectivity index (χ2v) is 10.2. The SMILES string of the molecule is N#Cc1c(NC(=O)CSc2nnc(-c3ccc(F)cc3)c3ccccc23)sc2c1CCCCC2. The maximum atomic E-state index is 13.4. The number of carbonyl (C=O) groups excluding carboxylic acids is 1. The predicted octanol–water partition coefficient (Wildman–Crippen LogP) is 6.37. The average Bonchev–Trinajstić information content (AvgIpc) is 3.01. The van der Waals surface area contributed by atoms with Crippen LogP contribution in [0, 0.1) is 17.1 Å². The number of halogens is 1. The van der Waals surface area contributed by atoms with Crippen molar-refractivity contribution in [2.45, 2.75) is 37.1 Å². The number of carbonyl (C=O) groups is 1. The molecule has 4 aromatic rings. The molecule has 2 aromatic heterocycles. The first-order chi connectivity index (χ1) is 16.6. The smallest absolute Gasteiger partial charge is 0.235 e. The maximum absolute atomic E-state index is 13.4. The van der Waals surface area contributed by atoms with Gasteiger partial charge in [-0.15, -0.1) is 21.5 Å². The van der Waals surface area contributed by atoms with E-state index in [1.54, 1.807) is 12.1 Å². The van der Waals surface area contributed by atoms with Gasteiger partial charge in [0.1, 0.15) is 27.6 Å². The van der Waals surface area contributed by atoms with Crippen molar-refractivity contribution in [1.29, 1.82) is 5.26 Å². The lowest BCUT2D eigenvalue weighted by atomic mass is 10.1. The fourth-order valence-corrected chi connectivity index (χ4v) is 6.28. The van der Waals surface area contributed by atoms with Gasteiger partial charge < -0.3 is 5.32 Å². The number of aromatic nitrogens is 2. The highest BCUT2D eigenvalue weighted by Crippen LogP contribution is 2.37. The van der Waals surface area contributed by atoms with E-state index in [1.807, 2.05) is 24.3 Å². The molecule has 1 aliphatic carbocycles. The van der Waals surface area contributed by atoms with Crippen LogP contribution in [0.4, 0.5) is 9.39 Å². The van der Waals surface area contributed by atoms with Crippen molar-refractivity contribution in [3.63, 3.8) is 0 Å². The Balaban J connectivity index is 1.35. The highest BCUT2D eigenvalue weighted by Gasteiger charge is 2.21. The first-order valence-electron chi connectivity index (χ1n) is 11.1. The highest BCUT2D eigenvalue weighted by molar-refractivity contribution is 8.00. The van der Waals surface area contributed by atoms with Crippen LogP contribution in [-0.2, 0) is 17.6 Å². The standard InChI is InChI=1S/C26H21FN4OS2/c27-17-12-10-16(11-13-17)24-19-7-4-5-8-20(19)26(31-30-24)33-15-23(32)29-25-21(14-28)18-6-2-1-3-9-22(18)34-25/h4-5,7-8,10-13H,1-3,6,9,15H2,(H,29,32). The van der Waals surface area contributed by atoms with Gasteiger partial charge in [0.05, 0.1) is 11.3 Å². The number of aryl methyl sites for hydroxylation is 1. The summed E-state index contributed by atoms with van der Waals surface area (Å²) in [6, 6.07) is 16.2. The van der Waals surface area contributed by atoms with Crippen LogP contribution in [0.3, 0.4) is 0 Å². The average molecular weight is 489 g/mol. The molecular formula is C26H21FN4OS2. The first-order valence-corrected chi connectivity index (χ1v) is 12.9. The predicted molar refractivity (Wildman–Crippen MR) is 135 cm³/mol.